The highest BCUT2D eigenvalue weighted by Crippen LogP contribution is 2.20. The lowest BCUT2D eigenvalue weighted by Crippen LogP contribution is -2.22. The Labute approximate surface area is 166 Å². The lowest BCUT2D eigenvalue weighted by Gasteiger charge is -2.10. The predicted octanol–water partition coefficient (Wildman–Crippen LogP) is 4.42. The summed E-state index contributed by atoms with van der Waals surface area (Å²) in [7, 11) is 0. The molecule has 1 aromatic heterocycles. The quantitative estimate of drug-likeness (QED) is 0.549. The number of nitrogens with zero attached hydrogens (tertiary/aromatic N) is 1. The van der Waals surface area contributed by atoms with Gasteiger partial charge in [0.15, 0.2) is 5.82 Å². The summed E-state index contributed by atoms with van der Waals surface area (Å²) in [5.41, 5.74) is 2.58. The van der Waals surface area contributed by atoms with E-state index in [0.717, 1.165) is 5.56 Å². The van der Waals surface area contributed by atoms with Gasteiger partial charge in [0.1, 0.15) is 0 Å². The van der Waals surface area contributed by atoms with E-state index in [0.29, 0.717) is 28.7 Å². The van der Waals surface area contributed by atoms with Crippen molar-refractivity contribution < 1.29 is 18.4 Å². The van der Waals surface area contributed by atoms with E-state index in [1.165, 1.54) is 18.2 Å². The fraction of sp³-hybridized carbons (Fsp3) is 0.286. The Hall–Kier alpha value is -3.29. The number of anilines is 1. The topological polar surface area (TPSA) is 86.9 Å². The van der Waals surface area contributed by atoms with Crippen molar-refractivity contribution in [2.24, 2.45) is 5.92 Å². The van der Waals surface area contributed by atoms with Gasteiger partial charge in [0, 0.05) is 24.2 Å². The average molecular weight is 400 g/mol. The summed E-state index contributed by atoms with van der Waals surface area (Å²) in [4.78, 5) is 30.6. The van der Waals surface area contributed by atoms with Crippen LogP contribution >= 0.6 is 0 Å². The molecule has 2 amide bonds. The van der Waals surface area contributed by atoms with E-state index in [1.807, 2.05) is 19.9 Å². The number of aromatic nitrogens is 2. The van der Waals surface area contributed by atoms with Crippen molar-refractivity contribution in [3.05, 3.63) is 59.4 Å². The molecule has 0 aliphatic heterocycles. The van der Waals surface area contributed by atoms with Crippen molar-refractivity contribution >= 4 is 28.5 Å². The van der Waals surface area contributed by atoms with Gasteiger partial charge in [-0.15, -0.1) is 0 Å². The highest BCUT2D eigenvalue weighted by atomic mass is 19.3. The summed E-state index contributed by atoms with van der Waals surface area (Å²) in [5.74, 6) is -0.554. The first kappa shape index (κ1) is 20.4. The molecule has 0 aliphatic carbocycles. The fourth-order valence-electron chi connectivity index (χ4n) is 2.90. The molecule has 0 fully saturated rings. The van der Waals surface area contributed by atoms with E-state index in [9.17, 15) is 18.4 Å². The lowest BCUT2D eigenvalue weighted by atomic mass is 10.1. The minimum atomic E-state index is -2.70. The van der Waals surface area contributed by atoms with Gasteiger partial charge < -0.3 is 15.6 Å². The molecule has 0 radical (unpaired) electrons. The highest BCUT2D eigenvalue weighted by Gasteiger charge is 2.14. The number of rotatable bonds is 7. The van der Waals surface area contributed by atoms with Crippen molar-refractivity contribution in [2.45, 2.75) is 33.2 Å². The number of hydrogen-bond acceptors (Lipinski definition) is 3. The van der Waals surface area contributed by atoms with E-state index in [4.69, 9.17) is 0 Å². The van der Waals surface area contributed by atoms with Crippen LogP contribution in [0.4, 0.5) is 14.5 Å². The smallest absolute Gasteiger partial charge is 0.295 e. The number of nitrogens with one attached hydrogen (secondary N) is 3. The number of hydrogen-bond donors (Lipinski definition) is 3. The number of H-pyrrole nitrogens is 1. The van der Waals surface area contributed by atoms with Gasteiger partial charge in [-0.25, -0.2) is 13.8 Å². The molecular formula is C21H22F2N4O2. The molecule has 0 atom stereocenters. The fourth-order valence-corrected chi connectivity index (χ4v) is 2.90. The van der Waals surface area contributed by atoms with Crippen LogP contribution in [0.15, 0.2) is 42.5 Å². The summed E-state index contributed by atoms with van der Waals surface area (Å²) in [6.07, 6.45) is -2.27. The number of benzene rings is 2. The van der Waals surface area contributed by atoms with Gasteiger partial charge in [0.05, 0.1) is 11.0 Å². The SMILES string of the molecule is CC(C)CC(=O)Nc1cccc(CNC(=O)c2ccc3nc(C(F)F)[nH]c3c2)c1. The molecule has 0 unspecified atom stereocenters. The van der Waals surface area contributed by atoms with Crippen LogP contribution in [-0.4, -0.2) is 21.8 Å². The number of imidazole rings is 1. The van der Waals surface area contributed by atoms with Gasteiger partial charge in [-0.1, -0.05) is 26.0 Å². The molecule has 0 bridgehead atoms. The normalized spacial score (nSPS) is 11.2. The molecule has 3 rings (SSSR count). The molecule has 3 N–H and O–H groups in total. The van der Waals surface area contributed by atoms with E-state index < -0.39 is 12.2 Å². The van der Waals surface area contributed by atoms with Gasteiger partial charge in [-0.3, -0.25) is 9.59 Å². The molecule has 0 aliphatic rings. The maximum Gasteiger partial charge on any atom is 0.295 e. The Bertz CT molecular complexity index is 1030. The van der Waals surface area contributed by atoms with Crippen LogP contribution in [0.3, 0.4) is 0 Å². The van der Waals surface area contributed by atoms with Gasteiger partial charge in [-0.2, -0.15) is 0 Å². The van der Waals surface area contributed by atoms with Crippen LogP contribution < -0.4 is 10.6 Å². The number of fused-ring (bicyclic) bond motifs is 1. The third-order valence-electron chi connectivity index (χ3n) is 4.23. The van der Waals surface area contributed by atoms with Crippen molar-refractivity contribution in [3.63, 3.8) is 0 Å². The minimum Gasteiger partial charge on any atom is -0.348 e. The number of carbonyl (C=O) groups excluding carboxylic acids is 2. The molecule has 2 aromatic carbocycles. The molecule has 1 heterocycles. The average Bonchev–Trinajstić information content (AvgIpc) is 3.09. The first-order chi connectivity index (χ1) is 13.8. The predicted molar refractivity (Wildman–Crippen MR) is 107 cm³/mol. The Morgan fingerprint density at radius 1 is 1.14 bits per heavy atom. The molecule has 6 nitrogen and oxygen atoms in total. The molecule has 8 heteroatoms. The Kier molecular flexibility index (Phi) is 6.21. The highest BCUT2D eigenvalue weighted by molar-refractivity contribution is 5.97. The summed E-state index contributed by atoms with van der Waals surface area (Å²) in [6.45, 7) is 4.21. The van der Waals surface area contributed by atoms with Gasteiger partial charge in [-0.05, 0) is 41.8 Å². The second kappa shape index (κ2) is 8.81. The van der Waals surface area contributed by atoms with Crippen LogP contribution in [0.1, 0.15) is 48.4 Å². The maximum absolute atomic E-state index is 12.7. The largest absolute Gasteiger partial charge is 0.348 e. The molecule has 152 valence electrons. The number of aromatic amines is 1. The van der Waals surface area contributed by atoms with Crippen molar-refractivity contribution in [1.29, 1.82) is 0 Å². The Balaban J connectivity index is 1.64. The molecule has 29 heavy (non-hydrogen) atoms. The summed E-state index contributed by atoms with van der Waals surface area (Å²) in [6, 6.07) is 11.8. The van der Waals surface area contributed by atoms with Crippen LogP contribution in [0.25, 0.3) is 11.0 Å². The Morgan fingerprint density at radius 3 is 2.66 bits per heavy atom. The minimum absolute atomic E-state index is 0.0581. The number of carbonyl (C=O) groups is 2. The van der Waals surface area contributed by atoms with Gasteiger partial charge >= 0.3 is 0 Å². The standard InChI is InChI=1S/C21H22F2N4O2/c1-12(2)8-18(28)25-15-5-3-4-13(9-15)11-24-21(29)14-6-7-16-17(10-14)27-20(26-16)19(22)23/h3-7,9-10,12,19H,8,11H2,1-2H3,(H,24,29)(H,25,28)(H,26,27). The summed E-state index contributed by atoms with van der Waals surface area (Å²) >= 11 is 0. The number of halogens is 2. The van der Waals surface area contributed by atoms with Crippen LogP contribution in [0, 0.1) is 5.92 Å². The number of alkyl halides is 2. The van der Waals surface area contributed by atoms with Gasteiger partial charge in [0.2, 0.25) is 5.91 Å². The molecule has 3 aromatic rings. The molecule has 0 saturated heterocycles. The zero-order valence-corrected chi connectivity index (χ0v) is 16.1. The molecule has 0 spiro atoms. The van der Waals surface area contributed by atoms with Crippen molar-refractivity contribution in [3.8, 4) is 0 Å². The van der Waals surface area contributed by atoms with E-state index in [-0.39, 0.29) is 24.3 Å². The first-order valence-electron chi connectivity index (χ1n) is 9.26. The van der Waals surface area contributed by atoms with Crippen LogP contribution in [0.5, 0.6) is 0 Å². The van der Waals surface area contributed by atoms with Gasteiger partial charge in [0.25, 0.3) is 12.3 Å². The third-order valence-corrected chi connectivity index (χ3v) is 4.23. The zero-order chi connectivity index (χ0) is 21.0. The Morgan fingerprint density at radius 2 is 1.93 bits per heavy atom. The van der Waals surface area contributed by atoms with E-state index in [1.54, 1.807) is 18.2 Å². The summed E-state index contributed by atoms with van der Waals surface area (Å²) in [5, 5.41) is 5.63. The molecular weight excluding hydrogens is 378 g/mol. The van der Waals surface area contributed by atoms with Crippen LogP contribution in [0.2, 0.25) is 0 Å². The lowest BCUT2D eigenvalue weighted by molar-refractivity contribution is -0.116. The van der Waals surface area contributed by atoms with E-state index >= 15 is 0 Å². The van der Waals surface area contributed by atoms with Crippen LogP contribution in [-0.2, 0) is 11.3 Å². The first-order valence-corrected chi connectivity index (χ1v) is 9.26. The van der Waals surface area contributed by atoms with Crippen molar-refractivity contribution in [1.82, 2.24) is 15.3 Å². The zero-order valence-electron chi connectivity index (χ0n) is 16.1. The van der Waals surface area contributed by atoms with E-state index in [2.05, 4.69) is 20.6 Å². The second-order valence-electron chi connectivity index (χ2n) is 7.18. The molecule has 0 saturated carbocycles. The second-order valence-corrected chi connectivity index (χ2v) is 7.18. The summed E-state index contributed by atoms with van der Waals surface area (Å²) < 4.78 is 25.5. The van der Waals surface area contributed by atoms with Crippen molar-refractivity contribution in [2.75, 3.05) is 5.32 Å². The maximum atomic E-state index is 12.7. The third kappa shape index (κ3) is 5.37. The number of amides is 2. The monoisotopic (exact) mass is 400 g/mol.